The fourth-order valence-electron chi connectivity index (χ4n) is 3.12. The summed E-state index contributed by atoms with van der Waals surface area (Å²) < 4.78 is 1.96. The quantitative estimate of drug-likeness (QED) is 0.574. The molecule has 0 bridgehead atoms. The molecule has 0 aliphatic carbocycles. The summed E-state index contributed by atoms with van der Waals surface area (Å²) in [6.45, 7) is 5.75. The second-order valence-electron chi connectivity index (χ2n) is 7.66. The Kier molecular flexibility index (Phi) is 7.12. The Balaban J connectivity index is 1.86. The molecule has 0 spiro atoms. The molecule has 162 valence electrons. The molecule has 2 amide bonds. The average Bonchev–Trinajstić information content (AvgIpc) is 3.16. The number of rotatable bonds is 7. The summed E-state index contributed by atoms with van der Waals surface area (Å²) in [5.41, 5.74) is 4.16. The molecule has 3 aromatic rings. The second kappa shape index (κ2) is 9.78. The topological polar surface area (TPSA) is 80.1 Å². The predicted molar refractivity (Wildman–Crippen MR) is 123 cm³/mol. The van der Waals surface area contributed by atoms with Crippen LogP contribution in [0.5, 0.6) is 0 Å². The van der Waals surface area contributed by atoms with Crippen LogP contribution >= 0.6 is 11.8 Å². The number of aryl methyl sites for hydroxylation is 2. The number of hydrogen-bond acceptors (Lipinski definition) is 5. The van der Waals surface area contributed by atoms with Gasteiger partial charge in [-0.2, -0.15) is 0 Å². The maximum atomic E-state index is 12.4. The lowest BCUT2D eigenvalue weighted by atomic mass is 10.1. The van der Waals surface area contributed by atoms with E-state index in [0.29, 0.717) is 11.0 Å². The summed E-state index contributed by atoms with van der Waals surface area (Å²) in [6, 6.07) is 15.6. The Morgan fingerprint density at radius 1 is 1.06 bits per heavy atom. The van der Waals surface area contributed by atoms with Crippen molar-refractivity contribution in [1.82, 2.24) is 25.0 Å². The summed E-state index contributed by atoms with van der Waals surface area (Å²) in [6.07, 6.45) is 0. The van der Waals surface area contributed by atoms with Gasteiger partial charge in [-0.05, 0) is 39.0 Å². The van der Waals surface area contributed by atoms with Crippen LogP contribution in [-0.2, 0) is 9.59 Å². The van der Waals surface area contributed by atoms with E-state index in [1.165, 1.54) is 16.7 Å². The number of benzene rings is 2. The number of nitrogens with one attached hydrogen (secondary N) is 1. The van der Waals surface area contributed by atoms with Crippen molar-refractivity contribution in [3.8, 4) is 17.1 Å². The zero-order chi connectivity index (χ0) is 22.5. The zero-order valence-corrected chi connectivity index (χ0v) is 19.2. The number of hydrogen-bond donors (Lipinski definition) is 1. The molecule has 1 atom stereocenters. The van der Waals surface area contributed by atoms with Crippen LogP contribution in [0.15, 0.2) is 53.7 Å². The van der Waals surface area contributed by atoms with Gasteiger partial charge in [-0.15, -0.1) is 10.2 Å². The van der Waals surface area contributed by atoms with Crippen molar-refractivity contribution in [3.63, 3.8) is 0 Å². The Hall–Kier alpha value is -3.13. The first-order chi connectivity index (χ1) is 14.8. The summed E-state index contributed by atoms with van der Waals surface area (Å²) in [4.78, 5) is 25.9. The number of amides is 2. The first-order valence-electron chi connectivity index (χ1n) is 9.99. The molecule has 0 aliphatic heterocycles. The van der Waals surface area contributed by atoms with E-state index in [0.717, 1.165) is 22.4 Å². The van der Waals surface area contributed by atoms with Crippen molar-refractivity contribution in [1.29, 1.82) is 0 Å². The predicted octanol–water partition coefficient (Wildman–Crippen LogP) is 3.24. The van der Waals surface area contributed by atoms with Crippen molar-refractivity contribution in [2.24, 2.45) is 0 Å². The van der Waals surface area contributed by atoms with Crippen LogP contribution < -0.4 is 5.32 Å². The molecule has 0 aliphatic rings. The molecule has 7 nitrogen and oxygen atoms in total. The van der Waals surface area contributed by atoms with Gasteiger partial charge in [0.2, 0.25) is 11.8 Å². The SMILES string of the molecule is Cc1ccc(-n2c(SCC(=O)NC(C)C(=O)N(C)C)nnc2-c2cccc(C)c2)cc1. The highest BCUT2D eigenvalue weighted by Crippen LogP contribution is 2.28. The first-order valence-corrected chi connectivity index (χ1v) is 11.0. The molecular formula is C23H27N5O2S. The number of aromatic nitrogens is 3. The first kappa shape index (κ1) is 22.6. The third kappa shape index (κ3) is 5.52. The molecule has 0 saturated heterocycles. The van der Waals surface area contributed by atoms with Gasteiger partial charge in [0.1, 0.15) is 6.04 Å². The molecule has 1 unspecified atom stereocenters. The van der Waals surface area contributed by atoms with E-state index in [4.69, 9.17) is 0 Å². The van der Waals surface area contributed by atoms with Gasteiger partial charge < -0.3 is 10.2 Å². The van der Waals surface area contributed by atoms with E-state index in [9.17, 15) is 9.59 Å². The van der Waals surface area contributed by atoms with Crippen LogP contribution in [0.1, 0.15) is 18.1 Å². The third-order valence-corrected chi connectivity index (χ3v) is 5.65. The van der Waals surface area contributed by atoms with Crippen LogP contribution in [0.2, 0.25) is 0 Å². The Labute approximate surface area is 186 Å². The van der Waals surface area contributed by atoms with Gasteiger partial charge in [-0.3, -0.25) is 14.2 Å². The minimum absolute atomic E-state index is 0.128. The maximum Gasteiger partial charge on any atom is 0.244 e. The van der Waals surface area contributed by atoms with Crippen molar-refractivity contribution in [2.45, 2.75) is 32.0 Å². The van der Waals surface area contributed by atoms with Gasteiger partial charge in [0.15, 0.2) is 11.0 Å². The minimum atomic E-state index is -0.582. The molecule has 1 N–H and O–H groups in total. The maximum absolute atomic E-state index is 12.4. The lowest BCUT2D eigenvalue weighted by molar-refractivity contribution is -0.133. The van der Waals surface area contributed by atoms with Crippen molar-refractivity contribution >= 4 is 23.6 Å². The lowest BCUT2D eigenvalue weighted by Gasteiger charge is -2.17. The Morgan fingerprint density at radius 3 is 2.42 bits per heavy atom. The highest BCUT2D eigenvalue weighted by Gasteiger charge is 2.20. The molecule has 0 fully saturated rings. The molecule has 8 heteroatoms. The summed E-state index contributed by atoms with van der Waals surface area (Å²) in [5, 5.41) is 12.1. The third-order valence-electron chi connectivity index (χ3n) is 4.72. The summed E-state index contributed by atoms with van der Waals surface area (Å²) >= 11 is 1.29. The van der Waals surface area contributed by atoms with E-state index in [1.807, 2.05) is 60.9 Å². The number of likely N-dealkylation sites (N-methyl/N-ethyl adjacent to an activating group) is 1. The normalized spacial score (nSPS) is 11.8. The Morgan fingerprint density at radius 2 is 1.77 bits per heavy atom. The number of nitrogens with zero attached hydrogens (tertiary/aromatic N) is 4. The molecule has 1 heterocycles. The van der Waals surface area contributed by atoms with Gasteiger partial charge in [0, 0.05) is 25.3 Å². The van der Waals surface area contributed by atoms with Crippen LogP contribution in [0.4, 0.5) is 0 Å². The highest BCUT2D eigenvalue weighted by molar-refractivity contribution is 7.99. The summed E-state index contributed by atoms with van der Waals surface area (Å²) in [5.74, 6) is 0.459. The number of thioether (sulfide) groups is 1. The fourth-order valence-corrected chi connectivity index (χ4v) is 3.89. The summed E-state index contributed by atoms with van der Waals surface area (Å²) in [7, 11) is 3.33. The van der Waals surface area contributed by atoms with Gasteiger partial charge in [-0.1, -0.05) is 53.2 Å². The second-order valence-corrected chi connectivity index (χ2v) is 8.60. The number of carbonyl (C=O) groups is 2. The highest BCUT2D eigenvalue weighted by atomic mass is 32.2. The van der Waals surface area contributed by atoms with Crippen LogP contribution in [0.3, 0.4) is 0 Å². The fraction of sp³-hybridized carbons (Fsp3) is 0.304. The molecule has 0 radical (unpaired) electrons. The van der Waals surface area contributed by atoms with Crippen LogP contribution in [-0.4, -0.2) is 57.4 Å². The van der Waals surface area contributed by atoms with E-state index >= 15 is 0 Å². The molecule has 2 aromatic carbocycles. The lowest BCUT2D eigenvalue weighted by Crippen LogP contribution is -2.44. The number of carbonyl (C=O) groups excluding carboxylic acids is 2. The smallest absolute Gasteiger partial charge is 0.244 e. The molecule has 0 saturated carbocycles. The molecule has 31 heavy (non-hydrogen) atoms. The molecular weight excluding hydrogens is 410 g/mol. The molecule has 1 aromatic heterocycles. The van der Waals surface area contributed by atoms with Crippen molar-refractivity contribution in [2.75, 3.05) is 19.8 Å². The van der Waals surface area contributed by atoms with Gasteiger partial charge in [0.25, 0.3) is 0 Å². The standard InChI is InChI=1S/C23H27N5O2S/c1-15-9-11-19(12-10-15)28-21(18-8-6-7-16(2)13-18)25-26-23(28)31-14-20(29)24-17(3)22(30)27(4)5/h6-13,17H,14H2,1-5H3,(H,24,29). The molecule has 3 rings (SSSR count). The minimum Gasteiger partial charge on any atom is -0.347 e. The average molecular weight is 438 g/mol. The van der Waals surface area contributed by atoms with Gasteiger partial charge in [0.05, 0.1) is 5.75 Å². The van der Waals surface area contributed by atoms with Crippen molar-refractivity contribution in [3.05, 3.63) is 59.7 Å². The largest absolute Gasteiger partial charge is 0.347 e. The van der Waals surface area contributed by atoms with E-state index in [-0.39, 0.29) is 17.6 Å². The van der Waals surface area contributed by atoms with Crippen LogP contribution in [0, 0.1) is 13.8 Å². The van der Waals surface area contributed by atoms with Gasteiger partial charge >= 0.3 is 0 Å². The Bertz CT molecular complexity index is 1080. The van der Waals surface area contributed by atoms with E-state index < -0.39 is 6.04 Å². The zero-order valence-electron chi connectivity index (χ0n) is 18.4. The van der Waals surface area contributed by atoms with E-state index in [1.54, 1.807) is 21.0 Å². The van der Waals surface area contributed by atoms with Crippen molar-refractivity contribution < 1.29 is 9.59 Å². The van der Waals surface area contributed by atoms with Crippen LogP contribution in [0.25, 0.3) is 17.1 Å². The van der Waals surface area contributed by atoms with Gasteiger partial charge in [-0.25, -0.2) is 0 Å². The van der Waals surface area contributed by atoms with E-state index in [2.05, 4.69) is 21.6 Å². The monoisotopic (exact) mass is 437 g/mol.